The molecule has 0 bridgehead atoms. The van der Waals surface area contributed by atoms with Crippen LogP contribution in [0.4, 0.5) is 0 Å². The smallest absolute Gasteiger partial charge is 0.120 e. The monoisotopic (exact) mass is 288 g/mol. The highest BCUT2D eigenvalue weighted by Gasteiger charge is 2.49. The lowest BCUT2D eigenvalue weighted by molar-refractivity contribution is -0.108. The van der Waals surface area contributed by atoms with Crippen LogP contribution in [0.15, 0.2) is 23.8 Å². The molecule has 0 spiro atoms. The minimum atomic E-state index is -0.134. The van der Waals surface area contributed by atoms with Gasteiger partial charge in [-0.3, -0.25) is 0 Å². The molecule has 0 radical (unpaired) electrons. The van der Waals surface area contributed by atoms with E-state index in [0.29, 0.717) is 24.2 Å². The van der Waals surface area contributed by atoms with Gasteiger partial charge >= 0.3 is 0 Å². The van der Waals surface area contributed by atoms with Gasteiger partial charge in [0.15, 0.2) is 0 Å². The van der Waals surface area contributed by atoms with Crippen molar-refractivity contribution in [2.75, 3.05) is 0 Å². The normalized spacial score (nSPS) is 42.8. The van der Waals surface area contributed by atoms with Crippen LogP contribution in [-0.4, -0.2) is 17.5 Å². The van der Waals surface area contributed by atoms with Gasteiger partial charge in [0.05, 0.1) is 6.10 Å². The van der Waals surface area contributed by atoms with E-state index in [4.69, 9.17) is 0 Å². The van der Waals surface area contributed by atoms with Crippen molar-refractivity contribution in [3.63, 3.8) is 0 Å². The molecule has 0 saturated heterocycles. The quantitative estimate of drug-likeness (QED) is 0.628. The molecule has 3 aliphatic carbocycles. The lowest BCUT2D eigenvalue weighted by atomic mass is 9.50. The number of allylic oxidation sites excluding steroid dienone is 2. The number of aldehydes is 1. The zero-order chi connectivity index (χ0) is 15.0. The van der Waals surface area contributed by atoms with Crippen molar-refractivity contribution in [1.29, 1.82) is 0 Å². The molecule has 0 aromatic rings. The van der Waals surface area contributed by atoms with Gasteiger partial charge in [-0.1, -0.05) is 30.7 Å². The molecule has 0 aromatic heterocycles. The minimum Gasteiger partial charge on any atom is -0.393 e. The summed E-state index contributed by atoms with van der Waals surface area (Å²) in [5.74, 6) is 1.90. The molecular weight excluding hydrogens is 260 g/mol. The maximum atomic E-state index is 10.8. The maximum absolute atomic E-state index is 10.8. The van der Waals surface area contributed by atoms with E-state index in [0.717, 1.165) is 44.8 Å². The number of carbonyl (C=O) groups is 1. The van der Waals surface area contributed by atoms with Gasteiger partial charge in [-0.25, -0.2) is 0 Å². The Bertz CT molecular complexity index is 464. The zero-order valence-corrected chi connectivity index (χ0v) is 13.2. The Morgan fingerprint density at radius 3 is 3.05 bits per heavy atom. The molecule has 0 unspecified atom stereocenters. The van der Waals surface area contributed by atoms with Gasteiger partial charge in [0.1, 0.15) is 6.29 Å². The van der Waals surface area contributed by atoms with Gasteiger partial charge in [-0.2, -0.15) is 0 Å². The number of aliphatic hydroxyl groups is 1. The SMILES string of the molecule is C=C1CC[C@H]2[C@@H](CC=C3C[C@@H](O)CC[C@@]32C)[C@@H]1CCC=O. The van der Waals surface area contributed by atoms with Crippen molar-refractivity contribution in [3.8, 4) is 0 Å². The molecule has 0 aliphatic heterocycles. The Morgan fingerprint density at radius 2 is 2.29 bits per heavy atom. The van der Waals surface area contributed by atoms with E-state index in [1.165, 1.54) is 17.6 Å². The maximum Gasteiger partial charge on any atom is 0.120 e. The van der Waals surface area contributed by atoms with Crippen LogP contribution in [0.2, 0.25) is 0 Å². The van der Waals surface area contributed by atoms with Gasteiger partial charge in [0.25, 0.3) is 0 Å². The molecular formula is C19H28O2. The number of carbonyl (C=O) groups excluding carboxylic acids is 1. The van der Waals surface area contributed by atoms with E-state index in [1.54, 1.807) is 0 Å². The summed E-state index contributed by atoms with van der Waals surface area (Å²) in [4.78, 5) is 10.8. The third-order valence-corrected chi connectivity index (χ3v) is 6.57. The molecule has 3 rings (SSSR count). The summed E-state index contributed by atoms with van der Waals surface area (Å²) >= 11 is 0. The fourth-order valence-corrected chi connectivity index (χ4v) is 5.34. The van der Waals surface area contributed by atoms with Crippen molar-refractivity contribution < 1.29 is 9.90 Å². The predicted octanol–water partition coefficient (Wildman–Crippen LogP) is 4.05. The van der Waals surface area contributed by atoms with Crippen LogP contribution < -0.4 is 0 Å². The molecule has 2 nitrogen and oxygen atoms in total. The summed E-state index contributed by atoms with van der Waals surface area (Å²) in [7, 11) is 0. The lowest BCUT2D eigenvalue weighted by Crippen LogP contribution is -2.46. The summed E-state index contributed by atoms with van der Waals surface area (Å²) in [6, 6.07) is 0. The van der Waals surface area contributed by atoms with Crippen LogP contribution in [0.1, 0.15) is 58.3 Å². The van der Waals surface area contributed by atoms with E-state index in [9.17, 15) is 9.90 Å². The third kappa shape index (κ3) is 2.52. The molecule has 2 heteroatoms. The molecule has 0 heterocycles. The fourth-order valence-electron chi connectivity index (χ4n) is 5.34. The second-order valence-corrected chi connectivity index (χ2v) is 7.60. The molecule has 21 heavy (non-hydrogen) atoms. The second kappa shape index (κ2) is 5.72. The molecule has 3 aliphatic rings. The fraction of sp³-hybridized carbons (Fsp3) is 0.737. The number of hydrogen-bond donors (Lipinski definition) is 1. The van der Waals surface area contributed by atoms with Crippen LogP contribution in [0.3, 0.4) is 0 Å². The highest BCUT2D eigenvalue weighted by molar-refractivity contribution is 5.49. The van der Waals surface area contributed by atoms with Crippen molar-refractivity contribution in [2.24, 2.45) is 23.2 Å². The largest absolute Gasteiger partial charge is 0.393 e. The topological polar surface area (TPSA) is 37.3 Å². The average Bonchev–Trinajstić information content (AvgIpc) is 2.47. The van der Waals surface area contributed by atoms with E-state index in [-0.39, 0.29) is 11.5 Å². The Morgan fingerprint density at radius 1 is 1.48 bits per heavy atom. The van der Waals surface area contributed by atoms with Crippen molar-refractivity contribution >= 4 is 6.29 Å². The van der Waals surface area contributed by atoms with Gasteiger partial charge < -0.3 is 9.90 Å². The molecule has 2 fully saturated rings. The summed E-state index contributed by atoms with van der Waals surface area (Å²) in [6.45, 7) is 6.72. The molecule has 0 aromatic carbocycles. The van der Waals surface area contributed by atoms with Crippen molar-refractivity contribution in [1.82, 2.24) is 0 Å². The lowest BCUT2D eigenvalue weighted by Gasteiger charge is -2.54. The highest BCUT2D eigenvalue weighted by Crippen LogP contribution is 2.59. The molecule has 116 valence electrons. The molecule has 1 N–H and O–H groups in total. The predicted molar refractivity (Wildman–Crippen MR) is 84.8 cm³/mol. The third-order valence-electron chi connectivity index (χ3n) is 6.57. The number of fused-ring (bicyclic) bond motifs is 3. The van der Waals surface area contributed by atoms with Crippen LogP contribution in [-0.2, 0) is 4.79 Å². The van der Waals surface area contributed by atoms with Crippen LogP contribution in [0.5, 0.6) is 0 Å². The van der Waals surface area contributed by atoms with Gasteiger partial charge in [-0.05, 0) is 68.1 Å². The average molecular weight is 288 g/mol. The Labute approximate surface area is 128 Å². The highest BCUT2D eigenvalue weighted by atomic mass is 16.3. The summed E-state index contributed by atoms with van der Waals surface area (Å²) in [6.07, 6.45) is 11.4. The van der Waals surface area contributed by atoms with Crippen molar-refractivity contribution in [3.05, 3.63) is 23.8 Å². The van der Waals surface area contributed by atoms with E-state index >= 15 is 0 Å². The summed E-state index contributed by atoms with van der Waals surface area (Å²) in [5.41, 5.74) is 3.15. The minimum absolute atomic E-state index is 0.134. The van der Waals surface area contributed by atoms with Crippen LogP contribution >= 0.6 is 0 Å². The molecule has 2 saturated carbocycles. The van der Waals surface area contributed by atoms with Gasteiger partial charge in [-0.15, -0.1) is 0 Å². The Kier molecular flexibility index (Phi) is 4.09. The Balaban J connectivity index is 1.87. The van der Waals surface area contributed by atoms with Gasteiger partial charge in [0.2, 0.25) is 0 Å². The summed E-state index contributed by atoms with van der Waals surface area (Å²) < 4.78 is 0. The number of aliphatic hydroxyl groups excluding tert-OH is 1. The second-order valence-electron chi connectivity index (χ2n) is 7.60. The number of hydrogen-bond acceptors (Lipinski definition) is 2. The Hall–Kier alpha value is -0.890. The first-order valence-corrected chi connectivity index (χ1v) is 8.55. The molecule has 0 amide bonds. The van der Waals surface area contributed by atoms with Crippen LogP contribution in [0.25, 0.3) is 0 Å². The van der Waals surface area contributed by atoms with E-state index in [1.807, 2.05) is 0 Å². The zero-order valence-electron chi connectivity index (χ0n) is 13.2. The standard InChI is InChI=1S/C19H28O2/c1-13-5-8-18-17(16(13)4-3-11-20)7-6-14-12-15(21)9-10-19(14,18)2/h6,11,15-18,21H,1,3-5,7-10,12H2,2H3/t15-,16+,17-,18-,19-/m0/s1. The van der Waals surface area contributed by atoms with E-state index in [2.05, 4.69) is 19.6 Å². The van der Waals surface area contributed by atoms with Crippen molar-refractivity contribution in [2.45, 2.75) is 64.4 Å². The first-order chi connectivity index (χ1) is 10.1. The van der Waals surface area contributed by atoms with E-state index < -0.39 is 0 Å². The molecule has 5 atom stereocenters. The van der Waals surface area contributed by atoms with Crippen LogP contribution in [0, 0.1) is 23.2 Å². The first kappa shape index (κ1) is 15.0. The first-order valence-electron chi connectivity index (χ1n) is 8.55. The summed E-state index contributed by atoms with van der Waals surface area (Å²) in [5, 5.41) is 9.97. The van der Waals surface area contributed by atoms with Gasteiger partial charge in [0, 0.05) is 6.42 Å². The number of rotatable bonds is 3.